The molecule has 1 N–H and O–H groups in total. The first kappa shape index (κ1) is 14.9. The first-order valence-electron chi connectivity index (χ1n) is 8.07. The molecular weight excluding hydrogens is 266 g/mol. The molecule has 1 aliphatic heterocycles. The second-order valence-corrected chi connectivity index (χ2v) is 6.66. The number of hydrogen-bond donors (Lipinski definition) is 1. The first-order valence-corrected chi connectivity index (χ1v) is 8.07. The molecule has 0 radical (unpaired) electrons. The molecule has 3 rings (SSSR count). The predicted molar refractivity (Wildman–Crippen MR) is 81.0 cm³/mol. The van der Waals surface area contributed by atoms with Gasteiger partial charge in [0.05, 0.1) is 17.8 Å². The maximum absolute atomic E-state index is 5.64. The highest BCUT2D eigenvalue weighted by Crippen LogP contribution is 2.23. The van der Waals surface area contributed by atoms with Gasteiger partial charge in [0.25, 0.3) is 0 Å². The molecule has 21 heavy (non-hydrogen) atoms. The van der Waals surface area contributed by atoms with Crippen LogP contribution in [0.3, 0.4) is 0 Å². The number of nitrogens with one attached hydrogen (secondary N) is 1. The summed E-state index contributed by atoms with van der Waals surface area (Å²) in [5.74, 6) is 0. The van der Waals surface area contributed by atoms with Gasteiger partial charge >= 0.3 is 0 Å². The highest BCUT2D eigenvalue weighted by molar-refractivity contribution is 4.94. The van der Waals surface area contributed by atoms with Crippen molar-refractivity contribution >= 4 is 0 Å². The quantitative estimate of drug-likeness (QED) is 0.814. The van der Waals surface area contributed by atoms with Gasteiger partial charge in [0.15, 0.2) is 0 Å². The van der Waals surface area contributed by atoms with Crippen LogP contribution in [0, 0.1) is 0 Å². The van der Waals surface area contributed by atoms with Gasteiger partial charge in [0.2, 0.25) is 0 Å². The Kier molecular flexibility index (Phi) is 4.57. The van der Waals surface area contributed by atoms with E-state index >= 15 is 0 Å². The molecule has 1 saturated heterocycles. The van der Waals surface area contributed by atoms with E-state index in [0.717, 1.165) is 50.9 Å². The number of rotatable bonds is 7. The van der Waals surface area contributed by atoms with E-state index in [1.807, 2.05) is 11.8 Å². The minimum absolute atomic E-state index is 0.0139. The Morgan fingerprint density at radius 1 is 1.43 bits per heavy atom. The van der Waals surface area contributed by atoms with Crippen LogP contribution in [0.4, 0.5) is 0 Å². The second kappa shape index (κ2) is 6.42. The summed E-state index contributed by atoms with van der Waals surface area (Å²) < 4.78 is 7.60. The van der Waals surface area contributed by atoms with Crippen molar-refractivity contribution in [1.82, 2.24) is 25.2 Å². The summed E-state index contributed by atoms with van der Waals surface area (Å²) in [6, 6.07) is 0.718. The van der Waals surface area contributed by atoms with Gasteiger partial charge in [-0.1, -0.05) is 5.21 Å². The lowest BCUT2D eigenvalue weighted by atomic mass is 9.95. The largest absolute Gasteiger partial charge is 0.377 e. The summed E-state index contributed by atoms with van der Waals surface area (Å²) in [5.41, 5.74) is 1.06. The molecule has 1 saturated carbocycles. The standard InChI is InChI=1S/C15H27N5O/c1-15(21-2)6-3-7-19(12-15)8-9-20-11-14(17-18-20)10-16-13-4-5-13/h11,13,16H,3-10,12H2,1-2H3. The third kappa shape index (κ3) is 4.25. The summed E-state index contributed by atoms with van der Waals surface area (Å²) in [6.45, 7) is 7.12. The van der Waals surface area contributed by atoms with E-state index in [0.29, 0.717) is 0 Å². The van der Waals surface area contributed by atoms with Gasteiger partial charge in [-0.15, -0.1) is 5.10 Å². The number of likely N-dealkylation sites (tertiary alicyclic amines) is 1. The first-order chi connectivity index (χ1) is 10.2. The van der Waals surface area contributed by atoms with Crippen molar-refractivity contribution in [2.75, 3.05) is 26.7 Å². The molecule has 1 atom stereocenters. The molecule has 118 valence electrons. The van der Waals surface area contributed by atoms with E-state index in [1.54, 1.807) is 0 Å². The van der Waals surface area contributed by atoms with E-state index in [-0.39, 0.29) is 5.60 Å². The molecule has 2 aliphatic rings. The molecular formula is C15H27N5O. The SMILES string of the molecule is COC1(C)CCCN(CCn2cc(CNC3CC3)nn2)C1. The highest BCUT2D eigenvalue weighted by atomic mass is 16.5. The Bertz CT molecular complexity index is 459. The lowest BCUT2D eigenvalue weighted by Gasteiger charge is -2.39. The molecule has 6 nitrogen and oxygen atoms in total. The lowest BCUT2D eigenvalue weighted by Crippen LogP contribution is -2.48. The fraction of sp³-hybridized carbons (Fsp3) is 0.867. The van der Waals surface area contributed by atoms with Gasteiger partial charge in [-0.25, -0.2) is 0 Å². The van der Waals surface area contributed by atoms with Crippen LogP contribution in [0.1, 0.15) is 38.3 Å². The Balaban J connectivity index is 1.43. The molecule has 6 heteroatoms. The molecule has 0 bridgehead atoms. The number of nitrogens with zero attached hydrogens (tertiary/aromatic N) is 4. The van der Waals surface area contributed by atoms with Crippen molar-refractivity contribution in [2.24, 2.45) is 0 Å². The Morgan fingerprint density at radius 2 is 2.29 bits per heavy atom. The maximum atomic E-state index is 5.64. The van der Waals surface area contributed by atoms with E-state index in [4.69, 9.17) is 4.74 Å². The van der Waals surface area contributed by atoms with Gasteiger partial charge in [0, 0.05) is 39.0 Å². The summed E-state index contributed by atoms with van der Waals surface area (Å²) in [5, 5.41) is 11.9. The third-order valence-electron chi connectivity index (χ3n) is 4.61. The van der Waals surface area contributed by atoms with Crippen LogP contribution in [-0.4, -0.2) is 58.3 Å². The van der Waals surface area contributed by atoms with Crippen LogP contribution in [0.5, 0.6) is 0 Å². The molecule has 1 aliphatic carbocycles. The average Bonchev–Trinajstić information content (AvgIpc) is 3.21. The number of hydrogen-bond acceptors (Lipinski definition) is 5. The van der Waals surface area contributed by atoms with Gasteiger partial charge in [-0.2, -0.15) is 0 Å². The maximum Gasteiger partial charge on any atom is 0.0964 e. The van der Waals surface area contributed by atoms with Crippen molar-refractivity contribution in [3.63, 3.8) is 0 Å². The smallest absolute Gasteiger partial charge is 0.0964 e. The Labute approximate surface area is 126 Å². The summed E-state index contributed by atoms with van der Waals surface area (Å²) in [6.07, 6.45) is 7.04. The normalized spacial score (nSPS) is 27.1. The zero-order chi connectivity index (χ0) is 14.7. The molecule has 0 amide bonds. The minimum Gasteiger partial charge on any atom is -0.377 e. The van der Waals surface area contributed by atoms with Crippen LogP contribution >= 0.6 is 0 Å². The Hall–Kier alpha value is -0.980. The third-order valence-corrected chi connectivity index (χ3v) is 4.61. The number of aromatic nitrogens is 3. The van der Waals surface area contributed by atoms with Gasteiger partial charge in [-0.3, -0.25) is 9.58 Å². The van der Waals surface area contributed by atoms with E-state index in [9.17, 15) is 0 Å². The second-order valence-electron chi connectivity index (χ2n) is 6.66. The Morgan fingerprint density at radius 3 is 3.05 bits per heavy atom. The number of methoxy groups -OCH3 is 1. The molecule has 0 aromatic carbocycles. The number of piperidine rings is 1. The molecule has 1 unspecified atom stereocenters. The number of ether oxygens (including phenoxy) is 1. The zero-order valence-electron chi connectivity index (χ0n) is 13.2. The van der Waals surface area contributed by atoms with Crippen molar-refractivity contribution in [2.45, 2.75) is 57.3 Å². The van der Waals surface area contributed by atoms with Gasteiger partial charge < -0.3 is 10.1 Å². The fourth-order valence-corrected chi connectivity index (χ4v) is 2.97. The topological polar surface area (TPSA) is 55.2 Å². The summed E-state index contributed by atoms with van der Waals surface area (Å²) in [7, 11) is 1.82. The van der Waals surface area contributed by atoms with Crippen LogP contribution in [0.15, 0.2) is 6.20 Å². The van der Waals surface area contributed by atoms with Gasteiger partial charge in [0.1, 0.15) is 0 Å². The lowest BCUT2D eigenvalue weighted by molar-refractivity contribution is -0.0513. The van der Waals surface area contributed by atoms with Crippen molar-refractivity contribution < 1.29 is 4.74 Å². The predicted octanol–water partition coefficient (Wildman–Crippen LogP) is 1.03. The van der Waals surface area contributed by atoms with Crippen molar-refractivity contribution in [1.29, 1.82) is 0 Å². The summed E-state index contributed by atoms with van der Waals surface area (Å²) >= 11 is 0. The molecule has 1 aromatic rings. The van der Waals surface area contributed by atoms with Crippen molar-refractivity contribution in [3.8, 4) is 0 Å². The van der Waals surface area contributed by atoms with Crippen LogP contribution in [0.2, 0.25) is 0 Å². The summed E-state index contributed by atoms with van der Waals surface area (Å²) in [4.78, 5) is 2.47. The molecule has 1 aromatic heterocycles. The highest BCUT2D eigenvalue weighted by Gasteiger charge is 2.30. The zero-order valence-corrected chi connectivity index (χ0v) is 13.2. The monoisotopic (exact) mass is 293 g/mol. The molecule has 2 heterocycles. The van der Waals surface area contributed by atoms with Crippen molar-refractivity contribution in [3.05, 3.63) is 11.9 Å². The van der Waals surface area contributed by atoms with E-state index in [2.05, 4.69) is 33.6 Å². The minimum atomic E-state index is 0.0139. The van der Waals surface area contributed by atoms with E-state index < -0.39 is 0 Å². The van der Waals surface area contributed by atoms with Crippen LogP contribution in [0.25, 0.3) is 0 Å². The average molecular weight is 293 g/mol. The van der Waals surface area contributed by atoms with Gasteiger partial charge in [-0.05, 0) is 39.2 Å². The molecule has 2 fully saturated rings. The fourth-order valence-electron chi connectivity index (χ4n) is 2.97. The van der Waals surface area contributed by atoms with Crippen LogP contribution in [-0.2, 0) is 17.8 Å². The van der Waals surface area contributed by atoms with Crippen LogP contribution < -0.4 is 5.32 Å². The van der Waals surface area contributed by atoms with E-state index in [1.165, 1.54) is 19.3 Å². The molecule has 0 spiro atoms.